The molecule has 0 saturated heterocycles. The van der Waals surface area contributed by atoms with Crippen molar-refractivity contribution >= 4 is 41.2 Å². The minimum atomic E-state index is -0.500. The fourth-order valence-electron chi connectivity index (χ4n) is 2.92. The number of allylic oxidation sites excluding steroid dienone is 1. The summed E-state index contributed by atoms with van der Waals surface area (Å²) in [5, 5.41) is 0.464. The second-order valence-electron chi connectivity index (χ2n) is 6.38. The number of thioether (sulfide) groups is 1. The van der Waals surface area contributed by atoms with Crippen molar-refractivity contribution < 1.29 is 14.3 Å². The first-order valence-electron chi connectivity index (χ1n) is 8.63. The molecule has 0 spiro atoms. The number of aryl methyl sites for hydroxylation is 1. The summed E-state index contributed by atoms with van der Waals surface area (Å²) in [4.78, 5) is 26.7. The van der Waals surface area contributed by atoms with E-state index in [0.29, 0.717) is 32.4 Å². The van der Waals surface area contributed by atoms with Crippen LogP contribution in [-0.4, -0.2) is 11.8 Å². The maximum atomic E-state index is 12.7. The van der Waals surface area contributed by atoms with E-state index in [-0.39, 0.29) is 5.78 Å². The molecule has 0 atom stereocenters. The van der Waals surface area contributed by atoms with Gasteiger partial charge in [0.1, 0.15) is 5.75 Å². The molecule has 1 heterocycles. The molecule has 3 aromatic rings. The van der Waals surface area contributed by atoms with Crippen molar-refractivity contribution in [2.45, 2.75) is 11.8 Å². The molecular weight excluding hydrogens is 392 g/mol. The second kappa shape index (κ2) is 7.66. The first-order valence-corrected chi connectivity index (χ1v) is 9.82. The molecule has 0 aliphatic carbocycles. The average molecular weight is 407 g/mol. The second-order valence-corrected chi connectivity index (χ2v) is 7.90. The fraction of sp³-hybridized carbons (Fsp3) is 0.0435. The smallest absolute Gasteiger partial charge is 0.343 e. The quantitative estimate of drug-likeness (QED) is 0.295. The molecule has 3 nitrogen and oxygen atoms in total. The van der Waals surface area contributed by atoms with Gasteiger partial charge >= 0.3 is 5.97 Å². The van der Waals surface area contributed by atoms with E-state index in [4.69, 9.17) is 16.3 Å². The molecule has 28 heavy (non-hydrogen) atoms. The molecule has 0 aromatic heterocycles. The Labute approximate surface area is 172 Å². The van der Waals surface area contributed by atoms with Crippen LogP contribution in [0.4, 0.5) is 0 Å². The van der Waals surface area contributed by atoms with Crippen molar-refractivity contribution in [1.82, 2.24) is 0 Å². The number of Topliss-reactive ketones (excluding diaryl/α,β-unsaturated/α-hetero) is 1. The van der Waals surface area contributed by atoms with Gasteiger partial charge in [-0.1, -0.05) is 53.2 Å². The average Bonchev–Trinajstić information content (AvgIpc) is 3.00. The third-order valence-corrected chi connectivity index (χ3v) is 5.62. The molecule has 1 aliphatic heterocycles. The van der Waals surface area contributed by atoms with Gasteiger partial charge in [0, 0.05) is 21.0 Å². The molecule has 4 rings (SSSR count). The van der Waals surface area contributed by atoms with Crippen molar-refractivity contribution in [3.8, 4) is 5.75 Å². The van der Waals surface area contributed by atoms with E-state index >= 15 is 0 Å². The van der Waals surface area contributed by atoms with Crippen molar-refractivity contribution in [2.24, 2.45) is 0 Å². The first kappa shape index (κ1) is 18.5. The van der Waals surface area contributed by atoms with Crippen molar-refractivity contribution in [2.75, 3.05) is 0 Å². The molecule has 0 radical (unpaired) electrons. The SMILES string of the molecule is Cc1ccc(OC(=O)c2cccc(Cl)c2)c(/C=C2/Sc3ccccc3C2=O)c1. The monoisotopic (exact) mass is 406 g/mol. The molecule has 1 aliphatic rings. The highest BCUT2D eigenvalue weighted by molar-refractivity contribution is 8.04. The van der Waals surface area contributed by atoms with Gasteiger partial charge in [0.25, 0.3) is 0 Å². The Morgan fingerprint density at radius 1 is 1.04 bits per heavy atom. The number of carbonyl (C=O) groups excluding carboxylic acids is 2. The number of hydrogen-bond acceptors (Lipinski definition) is 4. The Balaban J connectivity index is 1.67. The van der Waals surface area contributed by atoms with Crippen molar-refractivity contribution in [3.05, 3.63) is 98.9 Å². The van der Waals surface area contributed by atoms with E-state index in [1.165, 1.54) is 11.8 Å². The van der Waals surface area contributed by atoms with Gasteiger partial charge in [-0.2, -0.15) is 0 Å². The van der Waals surface area contributed by atoms with Crippen LogP contribution in [0.2, 0.25) is 5.02 Å². The molecule has 0 fully saturated rings. The van der Waals surface area contributed by atoms with E-state index in [1.54, 1.807) is 36.4 Å². The number of fused-ring (bicyclic) bond motifs is 1. The summed E-state index contributed by atoms with van der Waals surface area (Å²) in [7, 11) is 0. The van der Waals surface area contributed by atoms with Gasteiger partial charge < -0.3 is 4.74 Å². The third kappa shape index (κ3) is 3.75. The standard InChI is InChI=1S/C23H15ClO3S/c1-14-9-10-19(27-23(26)15-5-4-6-17(24)12-15)16(11-14)13-21-22(25)18-7-2-3-8-20(18)28-21/h2-13H,1H3/b21-13+. The predicted molar refractivity (Wildman–Crippen MR) is 112 cm³/mol. The predicted octanol–water partition coefficient (Wildman–Crippen LogP) is 6.20. The zero-order chi connectivity index (χ0) is 19.7. The van der Waals surface area contributed by atoms with E-state index in [9.17, 15) is 9.59 Å². The lowest BCUT2D eigenvalue weighted by molar-refractivity contribution is 0.0734. The lowest BCUT2D eigenvalue weighted by atomic mass is 10.1. The number of esters is 1. The summed E-state index contributed by atoms with van der Waals surface area (Å²) in [5.74, 6) is -0.124. The molecule has 0 saturated carbocycles. The summed E-state index contributed by atoms with van der Waals surface area (Å²) < 4.78 is 5.60. The minimum Gasteiger partial charge on any atom is -0.422 e. The highest BCUT2D eigenvalue weighted by Gasteiger charge is 2.25. The largest absolute Gasteiger partial charge is 0.422 e. The Kier molecular flexibility index (Phi) is 5.07. The highest BCUT2D eigenvalue weighted by atomic mass is 35.5. The Bertz CT molecular complexity index is 1130. The van der Waals surface area contributed by atoms with Crippen LogP contribution in [0.3, 0.4) is 0 Å². The van der Waals surface area contributed by atoms with Crippen LogP contribution in [0.1, 0.15) is 31.8 Å². The van der Waals surface area contributed by atoms with Crippen molar-refractivity contribution in [1.29, 1.82) is 0 Å². The molecule has 0 bridgehead atoms. The Hall–Kier alpha value is -2.82. The normalized spacial score (nSPS) is 14.2. The Morgan fingerprint density at radius 2 is 1.86 bits per heavy atom. The zero-order valence-corrected chi connectivity index (χ0v) is 16.5. The van der Waals surface area contributed by atoms with Crippen LogP contribution >= 0.6 is 23.4 Å². The van der Waals surface area contributed by atoms with Crippen LogP contribution in [-0.2, 0) is 0 Å². The molecule has 0 amide bonds. The van der Waals surface area contributed by atoms with E-state index in [2.05, 4.69) is 0 Å². The van der Waals surface area contributed by atoms with Crippen LogP contribution < -0.4 is 4.74 Å². The molecular formula is C23H15ClO3S. The molecule has 3 aromatic carbocycles. The van der Waals surface area contributed by atoms with Crippen LogP contribution in [0, 0.1) is 6.92 Å². The number of hydrogen-bond donors (Lipinski definition) is 0. The molecule has 0 unspecified atom stereocenters. The highest BCUT2D eigenvalue weighted by Crippen LogP contribution is 2.41. The number of carbonyl (C=O) groups is 2. The van der Waals surface area contributed by atoms with Gasteiger partial charge in [-0.25, -0.2) is 4.79 Å². The number of benzene rings is 3. The van der Waals surface area contributed by atoms with E-state index in [0.717, 1.165) is 10.5 Å². The topological polar surface area (TPSA) is 43.4 Å². The van der Waals surface area contributed by atoms with Gasteiger partial charge in [0.05, 0.1) is 10.5 Å². The number of halogens is 1. The van der Waals surface area contributed by atoms with Crippen LogP contribution in [0.25, 0.3) is 6.08 Å². The lowest BCUT2D eigenvalue weighted by Gasteiger charge is -2.09. The van der Waals surface area contributed by atoms with Gasteiger partial charge in [0.15, 0.2) is 0 Å². The van der Waals surface area contributed by atoms with Gasteiger partial charge in [-0.15, -0.1) is 0 Å². The van der Waals surface area contributed by atoms with E-state index in [1.807, 2.05) is 43.3 Å². The first-order chi connectivity index (χ1) is 13.5. The summed E-state index contributed by atoms with van der Waals surface area (Å²) in [6.45, 7) is 1.95. The Morgan fingerprint density at radius 3 is 2.64 bits per heavy atom. The fourth-order valence-corrected chi connectivity index (χ4v) is 4.16. The van der Waals surface area contributed by atoms with E-state index < -0.39 is 5.97 Å². The summed E-state index contributed by atoms with van der Waals surface area (Å²) in [6, 6.07) is 19.6. The maximum absolute atomic E-state index is 12.7. The minimum absolute atomic E-state index is 0.0192. The van der Waals surface area contributed by atoms with Crippen molar-refractivity contribution in [3.63, 3.8) is 0 Å². The molecule has 138 valence electrons. The van der Waals surface area contributed by atoms with Crippen LogP contribution in [0.5, 0.6) is 5.75 Å². The summed E-state index contributed by atoms with van der Waals surface area (Å²) >= 11 is 7.38. The molecule has 0 N–H and O–H groups in total. The maximum Gasteiger partial charge on any atom is 0.343 e. The van der Waals surface area contributed by atoms with Crippen LogP contribution in [0.15, 0.2) is 76.5 Å². The number of ether oxygens (including phenoxy) is 1. The van der Waals surface area contributed by atoms with Gasteiger partial charge in [0.2, 0.25) is 5.78 Å². The summed E-state index contributed by atoms with van der Waals surface area (Å²) in [6.07, 6.45) is 1.78. The molecule has 5 heteroatoms. The third-order valence-electron chi connectivity index (χ3n) is 4.29. The van der Waals surface area contributed by atoms with Gasteiger partial charge in [-0.3, -0.25) is 4.79 Å². The summed E-state index contributed by atoms with van der Waals surface area (Å²) in [5.41, 5.74) is 2.75. The van der Waals surface area contributed by atoms with Gasteiger partial charge in [-0.05, 0) is 55.5 Å². The number of rotatable bonds is 3. The lowest BCUT2D eigenvalue weighted by Crippen LogP contribution is -2.09. The number of ketones is 1. The zero-order valence-electron chi connectivity index (χ0n) is 14.9.